The molecule has 23 heavy (non-hydrogen) atoms. The minimum absolute atomic E-state index is 0.238. The number of fused-ring (bicyclic) bond motifs is 1. The number of carbonyl (C=O) groups excluding carboxylic acids is 1. The van der Waals surface area contributed by atoms with Gasteiger partial charge in [0.2, 0.25) is 0 Å². The summed E-state index contributed by atoms with van der Waals surface area (Å²) in [6.45, 7) is 7.69. The second kappa shape index (κ2) is 7.21. The van der Waals surface area contributed by atoms with Crippen molar-refractivity contribution in [2.45, 2.75) is 46.3 Å². The minimum atomic E-state index is -0.562. The third kappa shape index (κ3) is 4.86. The second-order valence-electron chi connectivity index (χ2n) is 7.43. The predicted octanol–water partition coefficient (Wildman–Crippen LogP) is 2.28. The summed E-state index contributed by atoms with van der Waals surface area (Å²) in [6, 6.07) is 6.12. The molecule has 1 heterocycles. The Morgan fingerprint density at radius 1 is 1.35 bits per heavy atom. The molecule has 5 nitrogen and oxygen atoms in total. The maximum atomic E-state index is 11.8. The number of rotatable bonds is 4. The first kappa shape index (κ1) is 17.6. The molecule has 1 aromatic carbocycles. The summed E-state index contributed by atoms with van der Waals surface area (Å²) in [4.78, 5) is 14.1. The lowest BCUT2D eigenvalue weighted by Crippen LogP contribution is -2.43. The molecule has 0 saturated carbocycles. The molecule has 3 N–H and O–H groups in total. The average molecular weight is 319 g/mol. The van der Waals surface area contributed by atoms with Gasteiger partial charge in [-0.2, -0.15) is 0 Å². The lowest BCUT2D eigenvalue weighted by Gasteiger charge is -2.28. The Bertz CT molecular complexity index is 552. The van der Waals surface area contributed by atoms with Crippen molar-refractivity contribution < 1.29 is 9.90 Å². The van der Waals surface area contributed by atoms with Gasteiger partial charge in [0.1, 0.15) is 0 Å². The molecule has 0 radical (unpaired) electrons. The lowest BCUT2D eigenvalue weighted by atomic mass is 9.89. The number of benzene rings is 1. The molecule has 1 aromatic rings. The number of aliphatic hydroxyl groups excluding tert-OH is 1. The summed E-state index contributed by atoms with van der Waals surface area (Å²) >= 11 is 0. The Kier molecular flexibility index (Phi) is 5.52. The zero-order valence-corrected chi connectivity index (χ0v) is 14.6. The first-order chi connectivity index (χ1) is 10.8. The molecule has 128 valence electrons. The molecule has 1 atom stereocenters. The van der Waals surface area contributed by atoms with Gasteiger partial charge in [0.25, 0.3) is 0 Å². The highest BCUT2D eigenvalue weighted by atomic mass is 16.3. The molecule has 0 saturated heterocycles. The minimum Gasteiger partial charge on any atom is -0.391 e. The molecule has 0 bridgehead atoms. The number of amides is 2. The van der Waals surface area contributed by atoms with Crippen LogP contribution in [0.25, 0.3) is 0 Å². The first-order valence-electron chi connectivity index (χ1n) is 8.30. The van der Waals surface area contributed by atoms with Crippen LogP contribution in [-0.4, -0.2) is 37.4 Å². The molecule has 1 aliphatic heterocycles. The largest absolute Gasteiger partial charge is 0.391 e. The maximum Gasteiger partial charge on any atom is 0.315 e. The Labute approximate surface area is 139 Å². The quantitative estimate of drug-likeness (QED) is 0.798. The van der Waals surface area contributed by atoms with E-state index in [1.807, 2.05) is 20.8 Å². The zero-order valence-electron chi connectivity index (χ0n) is 14.6. The third-order valence-corrected chi connectivity index (χ3v) is 4.40. The Morgan fingerprint density at radius 3 is 2.78 bits per heavy atom. The fourth-order valence-corrected chi connectivity index (χ4v) is 2.69. The van der Waals surface area contributed by atoms with Gasteiger partial charge < -0.3 is 20.6 Å². The van der Waals surface area contributed by atoms with E-state index in [0.29, 0.717) is 6.54 Å². The molecule has 1 unspecified atom stereocenters. The van der Waals surface area contributed by atoms with Crippen molar-refractivity contribution in [1.82, 2.24) is 10.6 Å². The smallest absolute Gasteiger partial charge is 0.315 e. The number of aliphatic hydroxyl groups is 1. The molecule has 2 rings (SSSR count). The number of hydrogen-bond donors (Lipinski definition) is 3. The maximum absolute atomic E-state index is 11.8. The van der Waals surface area contributed by atoms with Gasteiger partial charge in [-0.1, -0.05) is 32.9 Å². The van der Waals surface area contributed by atoms with Crippen LogP contribution in [0.4, 0.5) is 10.5 Å². The standard InChI is InChI=1S/C18H29N3O2/c1-18(2,3)16(22)12-20-17(23)19-11-13-7-8-15-14(10-13)6-5-9-21(15)4/h7-8,10,16,22H,5-6,9,11-12H2,1-4H3,(H2,19,20,23). The van der Waals surface area contributed by atoms with Gasteiger partial charge in [0.15, 0.2) is 0 Å². The third-order valence-electron chi connectivity index (χ3n) is 4.40. The Morgan fingerprint density at radius 2 is 2.09 bits per heavy atom. The van der Waals surface area contributed by atoms with Crippen LogP contribution in [-0.2, 0) is 13.0 Å². The highest BCUT2D eigenvalue weighted by Gasteiger charge is 2.22. The first-order valence-corrected chi connectivity index (χ1v) is 8.30. The number of nitrogens with zero attached hydrogens (tertiary/aromatic N) is 1. The van der Waals surface area contributed by atoms with Crippen molar-refractivity contribution in [3.05, 3.63) is 29.3 Å². The molecule has 0 aromatic heterocycles. The molecular formula is C18H29N3O2. The number of anilines is 1. The number of urea groups is 1. The fraction of sp³-hybridized carbons (Fsp3) is 0.611. The molecule has 2 amide bonds. The molecule has 0 spiro atoms. The van der Waals surface area contributed by atoms with Crippen LogP contribution in [0.1, 0.15) is 38.3 Å². The van der Waals surface area contributed by atoms with E-state index in [2.05, 4.69) is 40.8 Å². The van der Waals surface area contributed by atoms with E-state index in [0.717, 1.165) is 18.5 Å². The van der Waals surface area contributed by atoms with E-state index in [-0.39, 0.29) is 18.0 Å². The Balaban J connectivity index is 1.83. The van der Waals surface area contributed by atoms with Crippen LogP contribution >= 0.6 is 0 Å². The molecule has 0 aliphatic carbocycles. The van der Waals surface area contributed by atoms with E-state index in [9.17, 15) is 9.90 Å². The van der Waals surface area contributed by atoms with Gasteiger partial charge in [-0.25, -0.2) is 4.79 Å². The SMILES string of the molecule is CN1CCCc2cc(CNC(=O)NCC(O)C(C)(C)C)ccc21. The van der Waals surface area contributed by atoms with Gasteiger partial charge in [-0.15, -0.1) is 0 Å². The lowest BCUT2D eigenvalue weighted by molar-refractivity contribution is 0.0650. The predicted molar refractivity (Wildman–Crippen MR) is 93.7 cm³/mol. The molecular weight excluding hydrogens is 290 g/mol. The Hall–Kier alpha value is -1.75. The topological polar surface area (TPSA) is 64.6 Å². The van der Waals surface area contributed by atoms with Crippen LogP contribution in [0.2, 0.25) is 0 Å². The van der Waals surface area contributed by atoms with Crippen molar-refractivity contribution in [2.75, 3.05) is 25.0 Å². The van der Waals surface area contributed by atoms with Crippen LogP contribution in [0, 0.1) is 5.41 Å². The summed E-state index contributed by atoms with van der Waals surface area (Å²) in [5.41, 5.74) is 3.50. The van der Waals surface area contributed by atoms with Crippen LogP contribution in [0.15, 0.2) is 18.2 Å². The molecule has 1 aliphatic rings. The summed E-state index contributed by atoms with van der Waals surface area (Å²) in [5, 5.41) is 15.5. The van der Waals surface area contributed by atoms with Crippen LogP contribution < -0.4 is 15.5 Å². The second-order valence-corrected chi connectivity index (χ2v) is 7.43. The highest BCUT2D eigenvalue weighted by molar-refractivity contribution is 5.73. The van der Waals surface area contributed by atoms with Gasteiger partial charge in [0, 0.05) is 32.4 Å². The highest BCUT2D eigenvalue weighted by Crippen LogP contribution is 2.26. The summed E-state index contributed by atoms with van der Waals surface area (Å²) in [5.74, 6) is 0. The van der Waals surface area contributed by atoms with E-state index in [1.165, 1.54) is 17.7 Å². The van der Waals surface area contributed by atoms with Gasteiger partial charge in [-0.3, -0.25) is 0 Å². The van der Waals surface area contributed by atoms with Gasteiger partial charge in [0.05, 0.1) is 6.10 Å². The number of aryl methyl sites for hydroxylation is 1. The van der Waals surface area contributed by atoms with Crippen LogP contribution in [0.5, 0.6) is 0 Å². The monoisotopic (exact) mass is 319 g/mol. The number of hydrogen-bond acceptors (Lipinski definition) is 3. The van der Waals surface area contributed by atoms with Crippen molar-refractivity contribution in [1.29, 1.82) is 0 Å². The van der Waals surface area contributed by atoms with E-state index < -0.39 is 6.10 Å². The normalized spacial score (nSPS) is 15.8. The van der Waals surface area contributed by atoms with Crippen molar-refractivity contribution in [2.24, 2.45) is 5.41 Å². The van der Waals surface area contributed by atoms with Crippen molar-refractivity contribution in [3.8, 4) is 0 Å². The fourth-order valence-electron chi connectivity index (χ4n) is 2.69. The number of nitrogens with one attached hydrogen (secondary N) is 2. The zero-order chi connectivity index (χ0) is 17.0. The van der Waals surface area contributed by atoms with Crippen LogP contribution in [0.3, 0.4) is 0 Å². The summed E-state index contributed by atoms with van der Waals surface area (Å²) < 4.78 is 0. The average Bonchev–Trinajstić information content (AvgIpc) is 2.49. The number of carbonyl (C=O) groups is 1. The van der Waals surface area contributed by atoms with Gasteiger partial charge >= 0.3 is 6.03 Å². The summed E-state index contributed by atoms with van der Waals surface area (Å²) in [7, 11) is 2.11. The molecule has 0 fully saturated rings. The van der Waals surface area contributed by atoms with E-state index in [4.69, 9.17) is 0 Å². The van der Waals surface area contributed by atoms with Crippen molar-refractivity contribution in [3.63, 3.8) is 0 Å². The van der Waals surface area contributed by atoms with E-state index >= 15 is 0 Å². The van der Waals surface area contributed by atoms with Crippen molar-refractivity contribution >= 4 is 11.7 Å². The van der Waals surface area contributed by atoms with Gasteiger partial charge in [-0.05, 0) is 35.4 Å². The molecule has 5 heteroatoms. The summed E-state index contributed by atoms with van der Waals surface area (Å²) in [6.07, 6.45) is 1.70. The van der Waals surface area contributed by atoms with E-state index in [1.54, 1.807) is 0 Å².